The lowest BCUT2D eigenvalue weighted by molar-refractivity contribution is 0.171. The molecule has 13 heavy (non-hydrogen) atoms. The van der Waals surface area contributed by atoms with E-state index in [1.165, 1.54) is 0 Å². The predicted molar refractivity (Wildman–Crippen MR) is 49.2 cm³/mol. The maximum absolute atomic E-state index is 9.58. The summed E-state index contributed by atoms with van der Waals surface area (Å²) in [5, 5.41) is 21.0. The van der Waals surface area contributed by atoms with Crippen molar-refractivity contribution in [2.75, 3.05) is 19.7 Å². The van der Waals surface area contributed by atoms with Crippen LogP contribution in [0.1, 0.15) is 11.7 Å². The van der Waals surface area contributed by atoms with Gasteiger partial charge in [0.05, 0.1) is 12.7 Å². The molecule has 0 radical (unpaired) electrons. The first-order chi connectivity index (χ1) is 6.34. The van der Waals surface area contributed by atoms with Gasteiger partial charge in [0, 0.05) is 25.5 Å². The van der Waals surface area contributed by atoms with E-state index in [0.29, 0.717) is 13.1 Å². The van der Waals surface area contributed by atoms with Gasteiger partial charge in [-0.25, -0.2) is 0 Å². The molecule has 0 aromatic carbocycles. The van der Waals surface area contributed by atoms with E-state index in [2.05, 4.69) is 10.3 Å². The number of hydrogen-bond donors (Lipinski definition) is 3. The first-order valence-electron chi connectivity index (χ1n) is 4.24. The van der Waals surface area contributed by atoms with Crippen LogP contribution in [0, 0.1) is 0 Å². The Morgan fingerprint density at radius 1 is 1.38 bits per heavy atom. The number of pyridine rings is 1. The van der Waals surface area contributed by atoms with Crippen molar-refractivity contribution >= 4 is 0 Å². The maximum Gasteiger partial charge on any atom is 0.0915 e. The molecule has 4 heteroatoms. The van der Waals surface area contributed by atoms with Gasteiger partial charge in [0.1, 0.15) is 0 Å². The molecule has 0 bridgehead atoms. The van der Waals surface area contributed by atoms with E-state index in [9.17, 15) is 5.11 Å². The molecule has 0 saturated carbocycles. The molecule has 0 amide bonds. The van der Waals surface area contributed by atoms with Gasteiger partial charge < -0.3 is 15.5 Å². The molecule has 0 aliphatic carbocycles. The van der Waals surface area contributed by atoms with Gasteiger partial charge in [-0.05, 0) is 17.7 Å². The smallest absolute Gasteiger partial charge is 0.0915 e. The van der Waals surface area contributed by atoms with E-state index in [4.69, 9.17) is 5.11 Å². The minimum atomic E-state index is -0.533. The average molecular weight is 182 g/mol. The number of nitrogens with zero attached hydrogens (tertiary/aromatic N) is 1. The summed E-state index contributed by atoms with van der Waals surface area (Å²) in [5.41, 5.74) is 0.834. The first-order valence-corrected chi connectivity index (χ1v) is 4.24. The first kappa shape index (κ1) is 10.1. The maximum atomic E-state index is 9.58. The van der Waals surface area contributed by atoms with Crippen molar-refractivity contribution in [2.45, 2.75) is 6.10 Å². The van der Waals surface area contributed by atoms with Crippen LogP contribution >= 0.6 is 0 Å². The molecular formula is C9H14N2O2. The largest absolute Gasteiger partial charge is 0.395 e. The molecule has 3 N–H and O–H groups in total. The Hall–Kier alpha value is -0.970. The molecule has 4 nitrogen and oxygen atoms in total. The molecule has 1 aromatic rings. The molecule has 0 spiro atoms. The Labute approximate surface area is 77.2 Å². The number of aliphatic hydroxyl groups excluding tert-OH is 2. The summed E-state index contributed by atoms with van der Waals surface area (Å²) in [5.74, 6) is 0. The molecule has 1 rings (SSSR count). The number of aliphatic hydroxyl groups is 2. The van der Waals surface area contributed by atoms with Gasteiger partial charge in [-0.2, -0.15) is 0 Å². The highest BCUT2D eigenvalue weighted by molar-refractivity contribution is 5.13. The fraction of sp³-hybridized carbons (Fsp3) is 0.444. The lowest BCUT2D eigenvalue weighted by Gasteiger charge is -2.10. The minimum absolute atomic E-state index is 0.0864. The summed E-state index contributed by atoms with van der Waals surface area (Å²) in [6.07, 6.45) is 2.75. The molecule has 0 fully saturated rings. The lowest BCUT2D eigenvalue weighted by atomic mass is 10.1. The standard InChI is InChI=1S/C9H14N2O2/c12-6-5-11-7-9(13)8-1-3-10-4-2-8/h1-4,9,11-13H,5-7H2. The highest BCUT2D eigenvalue weighted by atomic mass is 16.3. The molecule has 1 atom stereocenters. The minimum Gasteiger partial charge on any atom is -0.395 e. The molecular weight excluding hydrogens is 168 g/mol. The highest BCUT2D eigenvalue weighted by Crippen LogP contribution is 2.08. The fourth-order valence-corrected chi connectivity index (χ4v) is 1.02. The Balaban J connectivity index is 2.35. The molecule has 0 aliphatic rings. The molecule has 1 heterocycles. The Bertz CT molecular complexity index is 228. The van der Waals surface area contributed by atoms with Crippen molar-refractivity contribution in [3.8, 4) is 0 Å². The van der Waals surface area contributed by atoms with Crippen LogP contribution < -0.4 is 5.32 Å². The van der Waals surface area contributed by atoms with Crippen molar-refractivity contribution < 1.29 is 10.2 Å². The molecule has 1 unspecified atom stereocenters. The van der Waals surface area contributed by atoms with E-state index >= 15 is 0 Å². The zero-order valence-electron chi connectivity index (χ0n) is 7.35. The van der Waals surface area contributed by atoms with Crippen molar-refractivity contribution in [1.82, 2.24) is 10.3 Å². The van der Waals surface area contributed by atoms with Crippen LogP contribution in [0.15, 0.2) is 24.5 Å². The van der Waals surface area contributed by atoms with Crippen LogP contribution in [0.4, 0.5) is 0 Å². The summed E-state index contributed by atoms with van der Waals surface area (Å²) in [4.78, 5) is 3.85. The van der Waals surface area contributed by atoms with Crippen molar-refractivity contribution in [2.24, 2.45) is 0 Å². The van der Waals surface area contributed by atoms with Gasteiger partial charge in [0.2, 0.25) is 0 Å². The van der Waals surface area contributed by atoms with E-state index < -0.39 is 6.10 Å². The monoisotopic (exact) mass is 182 g/mol. The summed E-state index contributed by atoms with van der Waals surface area (Å²) in [7, 11) is 0. The third-order valence-corrected chi connectivity index (χ3v) is 1.72. The molecule has 0 saturated heterocycles. The van der Waals surface area contributed by atoms with E-state index in [0.717, 1.165) is 5.56 Å². The second-order valence-electron chi connectivity index (χ2n) is 2.72. The molecule has 72 valence electrons. The van der Waals surface area contributed by atoms with E-state index in [1.807, 2.05) is 0 Å². The Morgan fingerprint density at radius 2 is 2.08 bits per heavy atom. The quantitative estimate of drug-likeness (QED) is 0.547. The highest BCUT2D eigenvalue weighted by Gasteiger charge is 2.04. The van der Waals surface area contributed by atoms with Crippen LogP contribution in [-0.4, -0.2) is 34.9 Å². The molecule has 1 aromatic heterocycles. The SMILES string of the molecule is OCCNCC(O)c1ccncc1. The van der Waals surface area contributed by atoms with Crippen LogP contribution in [0.3, 0.4) is 0 Å². The van der Waals surface area contributed by atoms with Crippen molar-refractivity contribution in [3.05, 3.63) is 30.1 Å². The predicted octanol–water partition coefficient (Wildman–Crippen LogP) is -0.303. The third-order valence-electron chi connectivity index (χ3n) is 1.72. The summed E-state index contributed by atoms with van der Waals surface area (Å²) >= 11 is 0. The molecule has 0 aliphatic heterocycles. The lowest BCUT2D eigenvalue weighted by Crippen LogP contribution is -2.24. The van der Waals surface area contributed by atoms with Crippen LogP contribution in [0.5, 0.6) is 0 Å². The van der Waals surface area contributed by atoms with Gasteiger partial charge in [-0.1, -0.05) is 0 Å². The third kappa shape index (κ3) is 3.50. The summed E-state index contributed by atoms with van der Waals surface area (Å²) in [6.45, 7) is 1.04. The van der Waals surface area contributed by atoms with Crippen LogP contribution in [-0.2, 0) is 0 Å². The Kier molecular flexibility index (Phi) is 4.39. The number of nitrogens with one attached hydrogen (secondary N) is 1. The van der Waals surface area contributed by atoms with Crippen molar-refractivity contribution in [1.29, 1.82) is 0 Å². The second kappa shape index (κ2) is 5.64. The number of aromatic nitrogens is 1. The van der Waals surface area contributed by atoms with Gasteiger partial charge in [-0.3, -0.25) is 4.98 Å². The fourth-order valence-electron chi connectivity index (χ4n) is 1.02. The summed E-state index contributed by atoms with van der Waals surface area (Å²) < 4.78 is 0. The summed E-state index contributed by atoms with van der Waals surface area (Å²) in [6, 6.07) is 3.54. The van der Waals surface area contributed by atoms with Gasteiger partial charge >= 0.3 is 0 Å². The van der Waals surface area contributed by atoms with Gasteiger partial charge in [-0.15, -0.1) is 0 Å². The zero-order valence-corrected chi connectivity index (χ0v) is 7.35. The average Bonchev–Trinajstić information content (AvgIpc) is 2.19. The Morgan fingerprint density at radius 3 is 2.69 bits per heavy atom. The number of rotatable bonds is 5. The van der Waals surface area contributed by atoms with Crippen LogP contribution in [0.2, 0.25) is 0 Å². The van der Waals surface area contributed by atoms with Crippen LogP contribution in [0.25, 0.3) is 0 Å². The second-order valence-corrected chi connectivity index (χ2v) is 2.72. The van der Waals surface area contributed by atoms with Gasteiger partial charge in [0.25, 0.3) is 0 Å². The van der Waals surface area contributed by atoms with Crippen molar-refractivity contribution in [3.63, 3.8) is 0 Å². The number of hydrogen-bond acceptors (Lipinski definition) is 4. The van der Waals surface area contributed by atoms with Gasteiger partial charge in [0.15, 0.2) is 0 Å². The topological polar surface area (TPSA) is 65.4 Å². The van der Waals surface area contributed by atoms with E-state index in [-0.39, 0.29) is 6.61 Å². The zero-order chi connectivity index (χ0) is 9.52. The normalized spacial score (nSPS) is 12.8. The van der Waals surface area contributed by atoms with E-state index in [1.54, 1.807) is 24.5 Å².